The van der Waals surface area contributed by atoms with Crippen molar-refractivity contribution in [3.05, 3.63) is 63.5 Å². The van der Waals surface area contributed by atoms with E-state index in [0.29, 0.717) is 21.8 Å². The first-order chi connectivity index (χ1) is 15.2. The van der Waals surface area contributed by atoms with Gasteiger partial charge in [-0.05, 0) is 36.8 Å². The molecule has 9 nitrogen and oxygen atoms in total. The van der Waals surface area contributed by atoms with Gasteiger partial charge in [0.05, 0.1) is 23.8 Å². The van der Waals surface area contributed by atoms with Gasteiger partial charge in [0.15, 0.2) is 0 Å². The zero-order valence-electron chi connectivity index (χ0n) is 16.8. The molecule has 1 heterocycles. The zero-order chi connectivity index (χ0) is 23.6. The molecule has 3 aromatic rings. The molecule has 0 bridgehead atoms. The monoisotopic (exact) mass is 452 g/mol. The summed E-state index contributed by atoms with van der Waals surface area (Å²) in [4.78, 5) is 36.8. The lowest BCUT2D eigenvalue weighted by molar-refractivity contribution is 0.0687. The number of aromatic hydroxyl groups is 1. The lowest BCUT2D eigenvalue weighted by atomic mass is 9.98. The van der Waals surface area contributed by atoms with Gasteiger partial charge in [-0.15, -0.1) is 11.3 Å². The number of nitriles is 1. The van der Waals surface area contributed by atoms with E-state index < -0.39 is 40.3 Å². The third-order valence-corrected chi connectivity index (χ3v) is 5.68. The predicted molar refractivity (Wildman–Crippen MR) is 116 cm³/mol. The first-order valence-electron chi connectivity index (χ1n) is 9.01. The van der Waals surface area contributed by atoms with Crippen molar-refractivity contribution >= 4 is 34.2 Å². The highest BCUT2D eigenvalue weighted by atomic mass is 32.1. The van der Waals surface area contributed by atoms with Gasteiger partial charge in [-0.25, -0.2) is 9.59 Å². The molecule has 0 aliphatic rings. The van der Waals surface area contributed by atoms with Gasteiger partial charge < -0.3 is 25.4 Å². The number of amides is 1. The maximum Gasteiger partial charge on any atom is 0.340 e. The molecule has 1 aromatic heterocycles. The lowest BCUT2D eigenvalue weighted by Gasteiger charge is -2.11. The van der Waals surface area contributed by atoms with Crippen LogP contribution in [0, 0.1) is 18.3 Å². The number of nitrogens with zero attached hydrogens (tertiary/aromatic N) is 1. The third-order valence-electron chi connectivity index (χ3n) is 4.66. The number of carboxylic acid groups (broad SMARTS) is 2. The molecule has 32 heavy (non-hydrogen) atoms. The number of anilines is 1. The van der Waals surface area contributed by atoms with E-state index >= 15 is 0 Å². The molecule has 0 radical (unpaired) electrons. The summed E-state index contributed by atoms with van der Waals surface area (Å²) in [6.07, 6.45) is 0. The average molecular weight is 452 g/mol. The topological polar surface area (TPSA) is 157 Å². The molecule has 4 N–H and O–H groups in total. The third kappa shape index (κ3) is 3.97. The highest BCUT2D eigenvalue weighted by Crippen LogP contribution is 2.40. The molecule has 0 fully saturated rings. The van der Waals surface area contributed by atoms with Crippen molar-refractivity contribution in [3.63, 3.8) is 0 Å². The minimum Gasteiger partial charge on any atom is -0.507 e. The molecule has 2 aromatic carbocycles. The quantitative estimate of drug-likeness (QED) is 0.438. The number of methoxy groups -OCH3 is 1. The van der Waals surface area contributed by atoms with Crippen molar-refractivity contribution in [2.24, 2.45) is 0 Å². The Labute approximate surface area is 185 Å². The fraction of sp³-hybridized carbons (Fsp3) is 0.0909. The van der Waals surface area contributed by atoms with Crippen LogP contribution in [0.3, 0.4) is 0 Å². The molecule has 0 saturated heterocycles. The van der Waals surface area contributed by atoms with Crippen LogP contribution in [-0.2, 0) is 0 Å². The van der Waals surface area contributed by atoms with Crippen molar-refractivity contribution in [2.45, 2.75) is 6.92 Å². The molecule has 3 rings (SSSR count). The number of carbonyl (C=O) groups excluding carboxylic acids is 1. The van der Waals surface area contributed by atoms with Gasteiger partial charge in [-0.2, -0.15) is 5.26 Å². The fourth-order valence-electron chi connectivity index (χ4n) is 3.23. The van der Waals surface area contributed by atoms with Crippen LogP contribution in [-0.4, -0.2) is 40.3 Å². The maximum atomic E-state index is 13.0. The molecule has 0 saturated carbocycles. The molecule has 1 amide bonds. The first-order valence-corrected chi connectivity index (χ1v) is 9.83. The van der Waals surface area contributed by atoms with Crippen LogP contribution < -0.4 is 10.1 Å². The van der Waals surface area contributed by atoms with E-state index in [-0.39, 0.29) is 10.6 Å². The van der Waals surface area contributed by atoms with Crippen molar-refractivity contribution in [3.8, 4) is 28.7 Å². The highest BCUT2D eigenvalue weighted by Gasteiger charge is 2.29. The summed E-state index contributed by atoms with van der Waals surface area (Å²) in [5.41, 5.74) is -0.745. The summed E-state index contributed by atoms with van der Waals surface area (Å²) < 4.78 is 5.13. The molecule has 10 heteroatoms. The number of carbonyl (C=O) groups is 3. The Kier molecular flexibility index (Phi) is 6.13. The number of hydrogen-bond acceptors (Lipinski definition) is 7. The molecule has 0 atom stereocenters. The Bertz CT molecular complexity index is 1290. The summed E-state index contributed by atoms with van der Waals surface area (Å²) in [5, 5.41) is 41.0. The van der Waals surface area contributed by atoms with Crippen LogP contribution >= 0.6 is 11.3 Å². The molecule has 0 aliphatic heterocycles. The number of ether oxygens (including phenoxy) is 1. The summed E-state index contributed by atoms with van der Waals surface area (Å²) in [6.45, 7) is 1.75. The number of benzene rings is 2. The number of nitrogens with one attached hydrogen (secondary N) is 1. The van der Waals surface area contributed by atoms with Gasteiger partial charge in [0, 0.05) is 10.4 Å². The average Bonchev–Trinajstić information content (AvgIpc) is 3.07. The minimum atomic E-state index is -1.67. The lowest BCUT2D eigenvalue weighted by Crippen LogP contribution is -2.21. The first kappa shape index (κ1) is 22.3. The number of aromatic carboxylic acids is 2. The number of rotatable bonds is 6. The molecule has 0 unspecified atom stereocenters. The summed E-state index contributed by atoms with van der Waals surface area (Å²) >= 11 is 1.08. The number of aryl methyl sites for hydroxylation is 1. The largest absolute Gasteiger partial charge is 0.507 e. The minimum absolute atomic E-state index is 0.122. The maximum absolute atomic E-state index is 13.0. The number of carboxylic acids is 2. The van der Waals surface area contributed by atoms with E-state index in [0.717, 1.165) is 23.5 Å². The van der Waals surface area contributed by atoms with E-state index in [4.69, 9.17) is 4.74 Å². The number of hydrogen-bond donors (Lipinski definition) is 4. The normalized spacial score (nSPS) is 10.3. The van der Waals surface area contributed by atoms with Gasteiger partial charge in [0.1, 0.15) is 28.1 Å². The fourth-order valence-corrected chi connectivity index (χ4v) is 4.25. The van der Waals surface area contributed by atoms with Crippen LogP contribution in [0.1, 0.15) is 41.5 Å². The Morgan fingerprint density at radius 1 is 1.03 bits per heavy atom. The van der Waals surface area contributed by atoms with Crippen molar-refractivity contribution in [2.75, 3.05) is 12.4 Å². The van der Waals surface area contributed by atoms with Crippen LogP contribution in [0.5, 0.6) is 11.5 Å². The van der Waals surface area contributed by atoms with E-state index in [2.05, 4.69) is 5.32 Å². The second-order valence-electron chi connectivity index (χ2n) is 6.52. The van der Waals surface area contributed by atoms with Gasteiger partial charge in [-0.1, -0.05) is 12.1 Å². The van der Waals surface area contributed by atoms with Crippen molar-refractivity contribution in [1.29, 1.82) is 5.26 Å². The van der Waals surface area contributed by atoms with Crippen LogP contribution in [0.2, 0.25) is 0 Å². The van der Waals surface area contributed by atoms with Gasteiger partial charge in [0.2, 0.25) is 0 Å². The Morgan fingerprint density at radius 3 is 2.22 bits per heavy atom. The van der Waals surface area contributed by atoms with Crippen LogP contribution in [0.25, 0.3) is 11.1 Å². The molecule has 0 aliphatic carbocycles. The summed E-state index contributed by atoms with van der Waals surface area (Å²) in [5.74, 6) is -4.42. The zero-order valence-corrected chi connectivity index (χ0v) is 17.6. The SMILES string of the molecule is COc1ccc(-c2c(C)sc(NC(=O)c3c(C(=O)O)ccc(O)c3C(=O)O)c2C#N)cc1. The van der Waals surface area contributed by atoms with Gasteiger partial charge in [-0.3, -0.25) is 4.79 Å². The van der Waals surface area contributed by atoms with Crippen LogP contribution in [0.4, 0.5) is 5.00 Å². The molecular weight excluding hydrogens is 436 g/mol. The Balaban J connectivity index is 2.10. The Hall–Kier alpha value is -4.36. The molecule has 0 spiro atoms. The molecule has 162 valence electrons. The van der Waals surface area contributed by atoms with E-state index in [9.17, 15) is 35.0 Å². The number of thiophene rings is 1. The number of phenols is 1. The van der Waals surface area contributed by atoms with E-state index in [1.165, 1.54) is 7.11 Å². The van der Waals surface area contributed by atoms with Gasteiger partial charge in [0.25, 0.3) is 5.91 Å². The second kappa shape index (κ2) is 8.79. The Morgan fingerprint density at radius 2 is 1.69 bits per heavy atom. The van der Waals surface area contributed by atoms with Crippen LogP contribution in [0.15, 0.2) is 36.4 Å². The summed E-state index contributed by atoms with van der Waals surface area (Å²) in [6, 6.07) is 10.8. The summed E-state index contributed by atoms with van der Waals surface area (Å²) in [7, 11) is 1.53. The van der Waals surface area contributed by atoms with Gasteiger partial charge >= 0.3 is 11.9 Å². The van der Waals surface area contributed by atoms with E-state index in [1.807, 2.05) is 6.07 Å². The van der Waals surface area contributed by atoms with E-state index in [1.54, 1.807) is 31.2 Å². The predicted octanol–water partition coefficient (Wildman–Crippen LogP) is 3.96. The van der Waals surface area contributed by atoms with Crippen molar-refractivity contribution in [1.82, 2.24) is 0 Å². The standard InChI is InChI=1S/C22H16N2O7S/c1-10-16(11-3-5-12(31-2)6-4-11)14(9-23)20(32-10)24-19(26)17-13(21(27)28)7-8-15(25)18(17)22(29)30/h3-8,25H,1-2H3,(H,24,26)(H,27,28)(H,29,30). The van der Waals surface area contributed by atoms with Crippen molar-refractivity contribution < 1.29 is 34.4 Å². The molecular formula is C22H16N2O7S. The highest BCUT2D eigenvalue weighted by molar-refractivity contribution is 7.17. The second-order valence-corrected chi connectivity index (χ2v) is 7.75. The smallest absolute Gasteiger partial charge is 0.340 e.